The lowest BCUT2D eigenvalue weighted by Gasteiger charge is -2.25. The van der Waals surface area contributed by atoms with E-state index < -0.39 is 5.72 Å². The molecule has 1 aromatic rings. The lowest BCUT2D eigenvalue weighted by Crippen LogP contribution is -2.40. The molecule has 90 valence electrons. The zero-order valence-corrected chi connectivity index (χ0v) is 9.76. The van der Waals surface area contributed by atoms with Gasteiger partial charge in [-0.25, -0.2) is 0 Å². The van der Waals surface area contributed by atoms with Gasteiger partial charge in [-0.3, -0.25) is 4.79 Å². The van der Waals surface area contributed by atoms with E-state index in [0.717, 1.165) is 6.42 Å². The highest BCUT2D eigenvalue weighted by Gasteiger charge is 2.43. The van der Waals surface area contributed by atoms with Crippen LogP contribution in [0.25, 0.3) is 0 Å². The van der Waals surface area contributed by atoms with Crippen molar-refractivity contribution in [1.82, 2.24) is 5.32 Å². The predicted molar refractivity (Wildman–Crippen MR) is 68.8 cm³/mol. The fourth-order valence-electron chi connectivity index (χ4n) is 2.34. The minimum Gasteiger partial charge on any atom is -0.363 e. The van der Waals surface area contributed by atoms with Crippen LogP contribution in [0.4, 0.5) is 0 Å². The molecule has 1 atom stereocenters. The summed E-state index contributed by atoms with van der Waals surface area (Å²) in [5.41, 5.74) is 0.400. The van der Waals surface area contributed by atoms with Crippen molar-refractivity contribution >= 4 is 5.91 Å². The molecule has 0 bridgehead atoms. The van der Waals surface area contributed by atoms with Gasteiger partial charge in [0, 0.05) is 16.7 Å². The maximum atomic E-state index is 11.9. The number of benzene rings is 1. The topological polar surface area (TPSA) is 49.3 Å². The van der Waals surface area contributed by atoms with Gasteiger partial charge in [0.1, 0.15) is 0 Å². The molecule has 0 radical (unpaired) electrons. The van der Waals surface area contributed by atoms with Crippen molar-refractivity contribution in [3.8, 4) is 0 Å². The zero-order valence-electron chi connectivity index (χ0n) is 9.76. The van der Waals surface area contributed by atoms with Gasteiger partial charge in [0.25, 0.3) is 5.91 Å². The second-order valence-electron chi connectivity index (χ2n) is 4.40. The molecule has 1 aromatic carbocycles. The maximum Gasteiger partial charge on any atom is 0.254 e. The summed E-state index contributed by atoms with van der Waals surface area (Å²) in [6.45, 7) is 0. The number of carbonyl (C=O) groups is 1. The van der Waals surface area contributed by atoms with Crippen LogP contribution in [-0.4, -0.2) is 11.0 Å². The molecular weight excluding hydrogens is 226 g/mol. The third kappa shape index (κ3) is 1.52. The van der Waals surface area contributed by atoms with Gasteiger partial charge in [0.2, 0.25) is 0 Å². The van der Waals surface area contributed by atoms with Crippen LogP contribution in [0.15, 0.2) is 60.2 Å². The van der Waals surface area contributed by atoms with Crippen molar-refractivity contribution in [2.24, 2.45) is 0 Å². The highest BCUT2D eigenvalue weighted by molar-refractivity contribution is 6.00. The number of carbonyl (C=O) groups excluding carboxylic acids is 1. The first-order chi connectivity index (χ1) is 8.72. The van der Waals surface area contributed by atoms with E-state index in [1.165, 1.54) is 0 Å². The number of aliphatic hydroxyl groups is 1. The van der Waals surface area contributed by atoms with Crippen molar-refractivity contribution in [3.63, 3.8) is 0 Å². The first-order valence-electron chi connectivity index (χ1n) is 5.90. The summed E-state index contributed by atoms with van der Waals surface area (Å²) < 4.78 is 0. The highest BCUT2D eigenvalue weighted by atomic mass is 16.3. The van der Waals surface area contributed by atoms with E-state index in [4.69, 9.17) is 0 Å². The van der Waals surface area contributed by atoms with Gasteiger partial charge >= 0.3 is 0 Å². The van der Waals surface area contributed by atoms with Crippen LogP contribution >= 0.6 is 0 Å². The minimum absolute atomic E-state index is 0.240. The molecule has 2 N–H and O–H groups in total. The fraction of sp³-hybridized carbons (Fsp3) is 0.133. The van der Waals surface area contributed by atoms with Gasteiger partial charge in [0.05, 0.1) is 0 Å². The second kappa shape index (κ2) is 3.96. The van der Waals surface area contributed by atoms with Crippen molar-refractivity contribution < 1.29 is 9.90 Å². The maximum absolute atomic E-state index is 11.9. The van der Waals surface area contributed by atoms with Gasteiger partial charge < -0.3 is 10.4 Å². The molecule has 1 unspecified atom stereocenters. The van der Waals surface area contributed by atoms with Gasteiger partial charge in [-0.2, -0.15) is 0 Å². The van der Waals surface area contributed by atoms with Crippen LogP contribution in [0.3, 0.4) is 0 Å². The Labute approximate surface area is 105 Å². The third-order valence-electron chi connectivity index (χ3n) is 3.26. The zero-order chi connectivity index (χ0) is 12.6. The van der Waals surface area contributed by atoms with Crippen LogP contribution < -0.4 is 5.32 Å². The molecule has 0 saturated heterocycles. The molecule has 0 fully saturated rings. The van der Waals surface area contributed by atoms with E-state index in [1.807, 2.05) is 36.4 Å². The summed E-state index contributed by atoms with van der Waals surface area (Å²) in [5, 5.41) is 13.4. The molecule has 3 rings (SSSR count). The van der Waals surface area contributed by atoms with Gasteiger partial charge in [-0.1, -0.05) is 48.6 Å². The SMILES string of the molecule is O=C1NC(O)(C2=CC=CCC=C2)c2ccccc21. The normalized spacial score (nSPS) is 25.4. The van der Waals surface area contributed by atoms with Crippen molar-refractivity contribution in [3.05, 3.63) is 71.3 Å². The molecule has 3 heteroatoms. The number of hydrogen-bond donors (Lipinski definition) is 2. The summed E-state index contributed by atoms with van der Waals surface area (Å²) in [7, 11) is 0. The summed E-state index contributed by atoms with van der Waals surface area (Å²) in [6, 6.07) is 7.11. The number of hydrogen-bond acceptors (Lipinski definition) is 2. The fourth-order valence-corrected chi connectivity index (χ4v) is 2.34. The van der Waals surface area contributed by atoms with E-state index in [9.17, 15) is 9.90 Å². The third-order valence-corrected chi connectivity index (χ3v) is 3.26. The Kier molecular flexibility index (Phi) is 2.42. The van der Waals surface area contributed by atoms with Gasteiger partial charge in [-0.05, 0) is 12.5 Å². The standard InChI is InChI=1S/C15H13NO2/c17-14-12-9-5-6-10-13(12)15(18,16-14)11-7-3-1-2-4-8-11/h1,3-10,18H,2H2,(H,16,17). The molecule has 1 amide bonds. The first-order valence-corrected chi connectivity index (χ1v) is 5.90. The Morgan fingerprint density at radius 2 is 2.06 bits per heavy atom. The molecule has 1 aliphatic carbocycles. The van der Waals surface area contributed by atoms with Crippen LogP contribution in [0.2, 0.25) is 0 Å². The molecule has 18 heavy (non-hydrogen) atoms. The van der Waals surface area contributed by atoms with E-state index >= 15 is 0 Å². The van der Waals surface area contributed by atoms with E-state index in [1.54, 1.807) is 18.2 Å². The van der Waals surface area contributed by atoms with Crippen LogP contribution in [-0.2, 0) is 5.72 Å². The molecule has 2 aliphatic rings. The van der Waals surface area contributed by atoms with Crippen molar-refractivity contribution in [2.75, 3.05) is 0 Å². The summed E-state index contributed by atoms with van der Waals surface area (Å²) in [4.78, 5) is 11.9. The first kappa shape index (κ1) is 11.0. The average Bonchev–Trinajstić information content (AvgIpc) is 2.61. The van der Waals surface area contributed by atoms with Crippen LogP contribution in [0.5, 0.6) is 0 Å². The van der Waals surface area contributed by atoms with Crippen LogP contribution in [0, 0.1) is 0 Å². The Bertz CT molecular complexity index is 598. The lowest BCUT2D eigenvalue weighted by molar-refractivity contribution is 0.0471. The Morgan fingerprint density at radius 3 is 2.94 bits per heavy atom. The number of amides is 1. The van der Waals surface area contributed by atoms with Gasteiger partial charge in [-0.15, -0.1) is 0 Å². The number of allylic oxidation sites excluding steroid dienone is 4. The molecule has 1 heterocycles. The smallest absolute Gasteiger partial charge is 0.254 e. The molecule has 3 nitrogen and oxygen atoms in total. The monoisotopic (exact) mass is 239 g/mol. The van der Waals surface area contributed by atoms with Gasteiger partial charge in [0.15, 0.2) is 5.72 Å². The molecule has 1 aliphatic heterocycles. The number of fused-ring (bicyclic) bond motifs is 1. The predicted octanol–water partition coefficient (Wildman–Crippen LogP) is 2.02. The van der Waals surface area contributed by atoms with E-state index in [0.29, 0.717) is 16.7 Å². The number of rotatable bonds is 1. The molecule has 0 saturated carbocycles. The minimum atomic E-state index is -1.42. The molecule has 0 aromatic heterocycles. The van der Waals surface area contributed by atoms with Crippen molar-refractivity contribution in [2.45, 2.75) is 12.1 Å². The van der Waals surface area contributed by atoms with Crippen molar-refractivity contribution in [1.29, 1.82) is 0 Å². The summed E-state index contributed by atoms with van der Waals surface area (Å²) >= 11 is 0. The summed E-state index contributed by atoms with van der Waals surface area (Å²) in [6.07, 6.45) is 10.3. The Balaban J connectivity index is 2.15. The average molecular weight is 239 g/mol. The Morgan fingerprint density at radius 1 is 1.22 bits per heavy atom. The largest absolute Gasteiger partial charge is 0.363 e. The summed E-state index contributed by atoms with van der Waals surface area (Å²) in [5.74, 6) is -0.240. The second-order valence-corrected chi connectivity index (χ2v) is 4.40. The highest BCUT2D eigenvalue weighted by Crippen LogP contribution is 2.35. The van der Waals surface area contributed by atoms with E-state index in [-0.39, 0.29) is 5.91 Å². The quantitative estimate of drug-likeness (QED) is 0.787. The lowest BCUT2D eigenvalue weighted by atomic mass is 9.94. The van der Waals surface area contributed by atoms with Crippen LogP contribution in [0.1, 0.15) is 22.3 Å². The van der Waals surface area contributed by atoms with E-state index in [2.05, 4.69) is 5.32 Å². The Hall–Kier alpha value is -2.13. The number of nitrogens with one attached hydrogen (secondary N) is 1. The molecular formula is C15H13NO2. The molecule has 0 spiro atoms.